The Morgan fingerprint density at radius 2 is 2.10 bits per heavy atom. The van der Waals surface area contributed by atoms with Gasteiger partial charge in [-0.25, -0.2) is 4.98 Å². The number of carbonyl (C=O) groups excluding carboxylic acids is 1. The number of nitrogens with zero attached hydrogens (tertiary/aromatic N) is 3. The molecule has 0 N–H and O–H groups in total. The van der Waals surface area contributed by atoms with Gasteiger partial charge in [0.25, 0.3) is 5.56 Å². The molecule has 0 fully saturated rings. The molecular weight excluding hydrogens is 402 g/mol. The quantitative estimate of drug-likeness (QED) is 0.471. The number of benzene rings is 1. The minimum Gasteiger partial charge on any atom is -0.309 e. The minimum atomic E-state index is 0.0148. The average Bonchev–Trinajstić information content (AvgIpc) is 3.30. The predicted molar refractivity (Wildman–Crippen MR) is 119 cm³/mol. The van der Waals surface area contributed by atoms with Crippen LogP contribution in [0.2, 0.25) is 0 Å². The maximum Gasteiger partial charge on any atom is 0.262 e. The van der Waals surface area contributed by atoms with Gasteiger partial charge >= 0.3 is 0 Å². The van der Waals surface area contributed by atoms with Crippen molar-refractivity contribution in [3.8, 4) is 0 Å². The number of hydrogen-bond acceptors (Lipinski definition) is 5. The van der Waals surface area contributed by atoms with Crippen molar-refractivity contribution >= 4 is 44.9 Å². The van der Waals surface area contributed by atoms with Gasteiger partial charge < -0.3 is 4.90 Å². The van der Waals surface area contributed by atoms with Gasteiger partial charge in [-0.2, -0.15) is 0 Å². The number of aryl methyl sites for hydroxylation is 3. The summed E-state index contributed by atoms with van der Waals surface area (Å²) in [6.07, 6.45) is 5.12. The molecule has 5 nitrogen and oxygen atoms in total. The number of fused-ring (bicyclic) bond motifs is 4. The molecule has 0 radical (unpaired) electrons. The van der Waals surface area contributed by atoms with Crippen LogP contribution >= 0.6 is 23.1 Å². The van der Waals surface area contributed by atoms with Crippen molar-refractivity contribution in [1.29, 1.82) is 0 Å². The van der Waals surface area contributed by atoms with Crippen LogP contribution in [0.15, 0.2) is 34.2 Å². The molecule has 150 valence electrons. The van der Waals surface area contributed by atoms with Gasteiger partial charge in [0.05, 0.1) is 11.1 Å². The predicted octanol–water partition coefficient (Wildman–Crippen LogP) is 3.94. The molecule has 0 bridgehead atoms. The molecule has 1 unspecified atom stereocenters. The number of anilines is 1. The van der Waals surface area contributed by atoms with Gasteiger partial charge in [-0.05, 0) is 56.2 Å². The zero-order valence-corrected chi connectivity index (χ0v) is 18.2. The molecule has 1 aromatic carbocycles. The molecule has 3 aromatic rings. The van der Waals surface area contributed by atoms with E-state index in [1.165, 1.54) is 27.8 Å². The second kappa shape index (κ2) is 7.29. The molecule has 7 heteroatoms. The summed E-state index contributed by atoms with van der Waals surface area (Å²) >= 11 is 3.01. The van der Waals surface area contributed by atoms with Crippen LogP contribution in [-0.4, -0.2) is 27.3 Å². The van der Waals surface area contributed by atoms with Crippen molar-refractivity contribution in [1.82, 2.24) is 9.55 Å². The minimum absolute atomic E-state index is 0.0148. The maximum absolute atomic E-state index is 13.1. The number of hydrogen-bond donors (Lipinski definition) is 0. The Labute approximate surface area is 177 Å². The Kier molecular flexibility index (Phi) is 4.75. The van der Waals surface area contributed by atoms with Gasteiger partial charge in [0.1, 0.15) is 4.83 Å². The third-order valence-electron chi connectivity index (χ3n) is 6.02. The molecule has 1 amide bonds. The number of amides is 1. The Balaban J connectivity index is 1.42. The molecule has 5 rings (SSSR count). The summed E-state index contributed by atoms with van der Waals surface area (Å²) < 4.78 is 1.61. The maximum atomic E-state index is 13.1. The van der Waals surface area contributed by atoms with Crippen LogP contribution in [-0.2, 0) is 31.1 Å². The normalized spacial score (nSPS) is 18.1. The first-order chi connectivity index (χ1) is 14.0. The highest BCUT2D eigenvalue weighted by molar-refractivity contribution is 7.99. The summed E-state index contributed by atoms with van der Waals surface area (Å²) in [5.41, 5.74) is 3.46. The smallest absolute Gasteiger partial charge is 0.262 e. The van der Waals surface area contributed by atoms with Crippen molar-refractivity contribution in [2.75, 3.05) is 10.7 Å². The number of thiophene rings is 1. The van der Waals surface area contributed by atoms with Crippen LogP contribution in [0.25, 0.3) is 10.2 Å². The molecule has 2 aliphatic rings. The van der Waals surface area contributed by atoms with Gasteiger partial charge in [-0.3, -0.25) is 14.2 Å². The van der Waals surface area contributed by atoms with Gasteiger partial charge in [-0.1, -0.05) is 30.0 Å². The van der Waals surface area contributed by atoms with Crippen LogP contribution in [0.3, 0.4) is 0 Å². The Bertz CT molecular complexity index is 1180. The standard InChI is InChI=1S/C22H23N3O2S2/c1-13-10-11-14-6-3-4-8-16(14)25(13)18(26)12-28-22-23-20-19(21(27)24(22)2)15-7-5-9-17(15)29-20/h3-4,6,8,13H,5,7,9-12H2,1-2H3. The van der Waals surface area contributed by atoms with Crippen LogP contribution in [0.5, 0.6) is 0 Å². The van der Waals surface area contributed by atoms with Crippen LogP contribution < -0.4 is 10.5 Å². The van der Waals surface area contributed by atoms with Gasteiger partial charge in [-0.15, -0.1) is 11.3 Å². The third kappa shape index (κ3) is 3.11. The largest absolute Gasteiger partial charge is 0.309 e. The van der Waals surface area contributed by atoms with Crippen molar-refractivity contribution in [2.45, 2.75) is 50.2 Å². The summed E-state index contributed by atoms with van der Waals surface area (Å²) in [6, 6.07) is 8.32. The second-order valence-electron chi connectivity index (χ2n) is 7.86. The van der Waals surface area contributed by atoms with E-state index < -0.39 is 0 Å². The van der Waals surface area contributed by atoms with E-state index >= 15 is 0 Å². The highest BCUT2D eigenvalue weighted by Gasteiger charge is 2.28. The highest BCUT2D eigenvalue weighted by Crippen LogP contribution is 2.36. The van der Waals surface area contributed by atoms with E-state index in [-0.39, 0.29) is 23.3 Å². The number of thioether (sulfide) groups is 1. The fourth-order valence-electron chi connectivity index (χ4n) is 4.50. The highest BCUT2D eigenvalue weighted by atomic mass is 32.2. The Morgan fingerprint density at radius 1 is 1.28 bits per heavy atom. The summed E-state index contributed by atoms with van der Waals surface area (Å²) in [7, 11) is 1.76. The first-order valence-corrected chi connectivity index (χ1v) is 11.9. The monoisotopic (exact) mass is 425 g/mol. The molecule has 0 saturated carbocycles. The van der Waals surface area contributed by atoms with Crippen LogP contribution in [0.4, 0.5) is 5.69 Å². The van der Waals surface area contributed by atoms with Crippen LogP contribution in [0, 0.1) is 0 Å². The first kappa shape index (κ1) is 18.9. The SMILES string of the molecule is CC1CCc2ccccc2N1C(=O)CSc1nc2sc3c(c2c(=O)n1C)CCC3. The lowest BCUT2D eigenvalue weighted by Gasteiger charge is -2.35. The zero-order valence-electron chi connectivity index (χ0n) is 16.6. The molecule has 0 spiro atoms. The van der Waals surface area contributed by atoms with Crippen molar-refractivity contribution in [3.63, 3.8) is 0 Å². The van der Waals surface area contributed by atoms with E-state index in [1.807, 2.05) is 23.1 Å². The lowest BCUT2D eigenvalue weighted by atomic mass is 9.97. The van der Waals surface area contributed by atoms with E-state index in [1.54, 1.807) is 23.0 Å². The number of carbonyl (C=O) groups is 1. The molecule has 2 aromatic heterocycles. The zero-order chi connectivity index (χ0) is 20.1. The number of rotatable bonds is 3. The van der Waals surface area contributed by atoms with E-state index in [2.05, 4.69) is 13.0 Å². The molecule has 1 atom stereocenters. The molecule has 0 saturated heterocycles. The van der Waals surface area contributed by atoms with E-state index in [0.29, 0.717) is 5.16 Å². The summed E-state index contributed by atoms with van der Waals surface area (Å²) in [5, 5.41) is 1.41. The number of aromatic nitrogens is 2. The average molecular weight is 426 g/mol. The molecular formula is C22H23N3O2S2. The second-order valence-corrected chi connectivity index (χ2v) is 9.89. The fraction of sp³-hybridized carbons (Fsp3) is 0.409. The topological polar surface area (TPSA) is 55.2 Å². The lowest BCUT2D eigenvalue weighted by Crippen LogP contribution is -2.43. The van der Waals surface area contributed by atoms with E-state index in [0.717, 1.165) is 48.0 Å². The summed E-state index contributed by atoms with van der Waals surface area (Å²) in [6.45, 7) is 2.10. The molecule has 1 aliphatic carbocycles. The Hall–Kier alpha value is -2.12. The summed E-state index contributed by atoms with van der Waals surface area (Å²) in [4.78, 5) is 34.9. The Morgan fingerprint density at radius 3 is 2.97 bits per heavy atom. The third-order valence-corrected chi connectivity index (χ3v) is 8.22. The van der Waals surface area contributed by atoms with Crippen molar-refractivity contribution in [2.24, 2.45) is 7.05 Å². The molecule has 1 aliphatic heterocycles. The molecule has 29 heavy (non-hydrogen) atoms. The van der Waals surface area contributed by atoms with E-state index in [9.17, 15) is 9.59 Å². The number of para-hydroxylation sites is 1. The van der Waals surface area contributed by atoms with Crippen molar-refractivity contribution < 1.29 is 4.79 Å². The fourth-order valence-corrected chi connectivity index (χ4v) is 6.63. The van der Waals surface area contributed by atoms with Gasteiger partial charge in [0, 0.05) is 23.7 Å². The summed E-state index contributed by atoms with van der Waals surface area (Å²) in [5.74, 6) is 0.341. The first-order valence-electron chi connectivity index (χ1n) is 10.1. The van der Waals surface area contributed by atoms with E-state index in [4.69, 9.17) is 4.98 Å². The lowest BCUT2D eigenvalue weighted by molar-refractivity contribution is -0.116. The van der Waals surface area contributed by atoms with Crippen LogP contribution in [0.1, 0.15) is 35.8 Å². The molecule has 3 heterocycles. The van der Waals surface area contributed by atoms with Crippen molar-refractivity contribution in [3.05, 3.63) is 50.6 Å². The van der Waals surface area contributed by atoms with Gasteiger partial charge in [0.2, 0.25) is 5.91 Å². The van der Waals surface area contributed by atoms with Gasteiger partial charge in [0.15, 0.2) is 5.16 Å².